The standard InChI is InChI=1S/C12H13ClO2/c1-2-9-15-12(14)8-5-10-3-6-11(13)7-4-10/h3-8H,2,9H2,1H3/b8-5-. The Hall–Kier alpha value is -1.28. The minimum atomic E-state index is -0.313. The zero-order valence-electron chi connectivity index (χ0n) is 8.57. The van der Waals surface area contributed by atoms with E-state index in [-0.39, 0.29) is 5.97 Å². The summed E-state index contributed by atoms with van der Waals surface area (Å²) in [5.74, 6) is -0.313. The average molecular weight is 225 g/mol. The fourth-order valence-corrected chi connectivity index (χ4v) is 1.11. The number of benzene rings is 1. The highest BCUT2D eigenvalue weighted by Gasteiger charge is 1.94. The minimum Gasteiger partial charge on any atom is -0.463 e. The lowest BCUT2D eigenvalue weighted by molar-refractivity contribution is -0.137. The lowest BCUT2D eigenvalue weighted by Gasteiger charge is -1.97. The maximum atomic E-state index is 11.1. The molecule has 0 heterocycles. The van der Waals surface area contributed by atoms with Gasteiger partial charge in [-0.15, -0.1) is 0 Å². The van der Waals surface area contributed by atoms with E-state index in [0.29, 0.717) is 11.6 Å². The Bertz CT molecular complexity index is 341. The molecule has 80 valence electrons. The summed E-state index contributed by atoms with van der Waals surface area (Å²) in [6.45, 7) is 2.42. The van der Waals surface area contributed by atoms with Crippen molar-refractivity contribution in [2.24, 2.45) is 0 Å². The number of hydrogen-bond donors (Lipinski definition) is 0. The van der Waals surface area contributed by atoms with Crippen LogP contribution in [0, 0.1) is 0 Å². The van der Waals surface area contributed by atoms with Gasteiger partial charge in [0.15, 0.2) is 0 Å². The topological polar surface area (TPSA) is 26.3 Å². The molecule has 3 heteroatoms. The van der Waals surface area contributed by atoms with Crippen LogP contribution in [0.3, 0.4) is 0 Å². The van der Waals surface area contributed by atoms with E-state index in [1.807, 2.05) is 19.1 Å². The van der Waals surface area contributed by atoms with Crippen LogP contribution in [-0.2, 0) is 9.53 Å². The number of esters is 1. The van der Waals surface area contributed by atoms with Gasteiger partial charge in [0.1, 0.15) is 0 Å². The van der Waals surface area contributed by atoms with Crippen LogP contribution in [0.1, 0.15) is 18.9 Å². The molecule has 0 aliphatic rings. The van der Waals surface area contributed by atoms with Crippen LogP contribution in [-0.4, -0.2) is 12.6 Å². The highest BCUT2D eigenvalue weighted by Crippen LogP contribution is 2.10. The second kappa shape index (κ2) is 6.25. The highest BCUT2D eigenvalue weighted by molar-refractivity contribution is 6.30. The van der Waals surface area contributed by atoms with Crippen LogP contribution in [0.2, 0.25) is 5.02 Å². The number of carbonyl (C=O) groups is 1. The molecule has 0 aromatic heterocycles. The van der Waals surface area contributed by atoms with Gasteiger partial charge in [-0.2, -0.15) is 0 Å². The molecule has 15 heavy (non-hydrogen) atoms. The first-order valence-corrected chi connectivity index (χ1v) is 5.20. The molecule has 1 aromatic rings. The second-order valence-electron chi connectivity index (χ2n) is 3.05. The maximum absolute atomic E-state index is 11.1. The van der Waals surface area contributed by atoms with Crippen LogP contribution < -0.4 is 0 Å². The molecule has 0 fully saturated rings. The van der Waals surface area contributed by atoms with Crippen molar-refractivity contribution in [2.45, 2.75) is 13.3 Å². The molecule has 0 unspecified atom stereocenters. The largest absolute Gasteiger partial charge is 0.463 e. The van der Waals surface area contributed by atoms with Crippen molar-refractivity contribution >= 4 is 23.6 Å². The first kappa shape index (κ1) is 11.8. The van der Waals surface area contributed by atoms with E-state index in [1.165, 1.54) is 6.08 Å². The number of carbonyl (C=O) groups excluding carboxylic acids is 1. The molecule has 0 aliphatic carbocycles. The molecule has 1 rings (SSSR count). The Kier molecular flexibility index (Phi) is 4.91. The van der Waals surface area contributed by atoms with E-state index in [2.05, 4.69) is 0 Å². The maximum Gasteiger partial charge on any atom is 0.330 e. The van der Waals surface area contributed by atoms with E-state index >= 15 is 0 Å². The molecular formula is C12H13ClO2. The molecule has 0 saturated heterocycles. The Balaban J connectivity index is 2.50. The normalized spacial score (nSPS) is 10.5. The zero-order valence-corrected chi connectivity index (χ0v) is 9.33. The molecule has 0 saturated carbocycles. The quantitative estimate of drug-likeness (QED) is 0.580. The Labute approximate surface area is 94.5 Å². The first-order valence-electron chi connectivity index (χ1n) is 4.83. The summed E-state index contributed by atoms with van der Waals surface area (Å²) in [6.07, 6.45) is 3.95. The molecule has 0 radical (unpaired) electrons. The molecule has 0 amide bonds. The summed E-state index contributed by atoms with van der Waals surface area (Å²) in [6, 6.07) is 7.23. The summed E-state index contributed by atoms with van der Waals surface area (Å²) in [4.78, 5) is 11.1. The average Bonchev–Trinajstić information content (AvgIpc) is 2.25. The van der Waals surface area contributed by atoms with Crippen molar-refractivity contribution in [3.8, 4) is 0 Å². The molecule has 0 aliphatic heterocycles. The van der Waals surface area contributed by atoms with Gasteiger partial charge in [0.05, 0.1) is 6.61 Å². The molecule has 1 aromatic carbocycles. The number of hydrogen-bond acceptors (Lipinski definition) is 2. The van der Waals surface area contributed by atoms with Gasteiger partial charge >= 0.3 is 5.97 Å². The molecule has 0 N–H and O–H groups in total. The summed E-state index contributed by atoms with van der Waals surface area (Å²) in [7, 11) is 0. The van der Waals surface area contributed by atoms with Gasteiger partial charge in [0.2, 0.25) is 0 Å². The van der Waals surface area contributed by atoms with E-state index in [9.17, 15) is 4.79 Å². The van der Waals surface area contributed by atoms with Gasteiger partial charge in [-0.25, -0.2) is 4.79 Å². The van der Waals surface area contributed by atoms with Crippen LogP contribution in [0.4, 0.5) is 0 Å². The highest BCUT2D eigenvalue weighted by atomic mass is 35.5. The van der Waals surface area contributed by atoms with E-state index in [4.69, 9.17) is 16.3 Å². The second-order valence-corrected chi connectivity index (χ2v) is 3.49. The fourth-order valence-electron chi connectivity index (χ4n) is 0.989. The van der Waals surface area contributed by atoms with Crippen molar-refractivity contribution in [2.75, 3.05) is 6.61 Å². The SMILES string of the molecule is CCCOC(=O)/C=C\c1ccc(Cl)cc1. The van der Waals surface area contributed by atoms with Crippen molar-refractivity contribution in [1.29, 1.82) is 0 Å². The van der Waals surface area contributed by atoms with Gasteiger partial charge in [-0.3, -0.25) is 0 Å². The Morgan fingerprint density at radius 1 is 1.40 bits per heavy atom. The van der Waals surface area contributed by atoms with Crippen molar-refractivity contribution in [3.05, 3.63) is 40.9 Å². The van der Waals surface area contributed by atoms with Gasteiger partial charge in [0.25, 0.3) is 0 Å². The number of ether oxygens (including phenoxy) is 1. The van der Waals surface area contributed by atoms with Crippen LogP contribution >= 0.6 is 11.6 Å². The lowest BCUT2D eigenvalue weighted by atomic mass is 10.2. The van der Waals surface area contributed by atoms with Gasteiger partial charge < -0.3 is 4.74 Å². The fraction of sp³-hybridized carbons (Fsp3) is 0.250. The van der Waals surface area contributed by atoms with Gasteiger partial charge in [-0.1, -0.05) is 30.7 Å². The molecule has 0 bridgehead atoms. The summed E-state index contributed by atoms with van der Waals surface area (Å²) in [5, 5.41) is 0.681. The molecule has 2 nitrogen and oxygen atoms in total. The summed E-state index contributed by atoms with van der Waals surface area (Å²) in [5.41, 5.74) is 0.924. The monoisotopic (exact) mass is 224 g/mol. The first-order chi connectivity index (χ1) is 7.22. The third kappa shape index (κ3) is 4.66. The predicted molar refractivity (Wildman–Crippen MR) is 61.7 cm³/mol. The van der Waals surface area contributed by atoms with Crippen molar-refractivity contribution in [3.63, 3.8) is 0 Å². The van der Waals surface area contributed by atoms with E-state index in [0.717, 1.165) is 12.0 Å². The summed E-state index contributed by atoms with van der Waals surface area (Å²) >= 11 is 5.73. The molecule has 0 atom stereocenters. The Morgan fingerprint density at radius 2 is 2.07 bits per heavy atom. The van der Waals surface area contributed by atoms with E-state index < -0.39 is 0 Å². The number of rotatable bonds is 4. The molecular weight excluding hydrogens is 212 g/mol. The minimum absolute atomic E-state index is 0.313. The van der Waals surface area contributed by atoms with Crippen molar-refractivity contribution < 1.29 is 9.53 Å². The Morgan fingerprint density at radius 3 is 2.67 bits per heavy atom. The zero-order chi connectivity index (χ0) is 11.1. The third-order valence-electron chi connectivity index (χ3n) is 1.73. The predicted octanol–water partition coefficient (Wildman–Crippen LogP) is 3.31. The number of halogens is 1. The smallest absolute Gasteiger partial charge is 0.330 e. The summed E-state index contributed by atoms with van der Waals surface area (Å²) < 4.78 is 4.88. The van der Waals surface area contributed by atoms with Crippen LogP contribution in [0.5, 0.6) is 0 Å². The van der Waals surface area contributed by atoms with E-state index in [1.54, 1.807) is 18.2 Å². The van der Waals surface area contributed by atoms with Gasteiger partial charge in [-0.05, 0) is 30.2 Å². The lowest BCUT2D eigenvalue weighted by Crippen LogP contribution is -2.00. The molecule has 0 spiro atoms. The third-order valence-corrected chi connectivity index (χ3v) is 1.98. The van der Waals surface area contributed by atoms with Gasteiger partial charge in [0, 0.05) is 11.1 Å². The van der Waals surface area contributed by atoms with Crippen LogP contribution in [0.15, 0.2) is 30.3 Å². The van der Waals surface area contributed by atoms with Crippen LogP contribution in [0.25, 0.3) is 6.08 Å². The van der Waals surface area contributed by atoms with Crippen molar-refractivity contribution in [1.82, 2.24) is 0 Å².